The number of benzene rings is 2. The summed E-state index contributed by atoms with van der Waals surface area (Å²) in [5, 5.41) is 3.70. The quantitative estimate of drug-likeness (QED) is 0.909. The molecule has 0 saturated carbocycles. The molecule has 2 heteroatoms. The Morgan fingerprint density at radius 3 is 2.67 bits per heavy atom. The summed E-state index contributed by atoms with van der Waals surface area (Å²) < 4.78 is 5.72. The molecular formula is C19H23NO. The normalized spacial score (nSPS) is 17.2. The van der Waals surface area contributed by atoms with Gasteiger partial charge in [-0.15, -0.1) is 0 Å². The molecule has 2 aromatic carbocycles. The Morgan fingerprint density at radius 2 is 1.81 bits per heavy atom. The lowest BCUT2D eigenvalue weighted by Gasteiger charge is -2.27. The second-order valence-electron chi connectivity index (χ2n) is 5.97. The van der Waals surface area contributed by atoms with Crippen LogP contribution in [0.25, 0.3) is 0 Å². The summed E-state index contributed by atoms with van der Waals surface area (Å²) in [7, 11) is 0. The van der Waals surface area contributed by atoms with Crippen LogP contribution in [-0.4, -0.2) is 6.61 Å². The Balaban J connectivity index is 1.76. The molecule has 0 bridgehead atoms. The Hall–Kier alpha value is -1.80. The highest BCUT2D eigenvalue weighted by atomic mass is 16.5. The van der Waals surface area contributed by atoms with Crippen LogP contribution in [0, 0.1) is 20.8 Å². The number of fused-ring (bicyclic) bond motifs is 1. The fourth-order valence-corrected chi connectivity index (χ4v) is 3.00. The molecule has 1 unspecified atom stereocenters. The number of hydrogen-bond acceptors (Lipinski definition) is 2. The largest absolute Gasteiger partial charge is 0.493 e. The van der Waals surface area contributed by atoms with Crippen LogP contribution in [-0.2, 0) is 6.54 Å². The van der Waals surface area contributed by atoms with E-state index in [0.29, 0.717) is 6.04 Å². The molecule has 0 aliphatic carbocycles. The third kappa shape index (κ3) is 2.96. The van der Waals surface area contributed by atoms with E-state index in [1.165, 1.54) is 27.8 Å². The van der Waals surface area contributed by atoms with Gasteiger partial charge in [-0.3, -0.25) is 0 Å². The standard InChI is InChI=1S/C19H23NO/c1-13-10-15(3)16(11-14(13)2)12-20-18-8-9-21-19-7-5-4-6-17(18)19/h4-7,10-11,18,20H,8-9,12H2,1-3H3. The molecule has 0 amide bonds. The maximum absolute atomic E-state index is 5.72. The highest BCUT2D eigenvalue weighted by Crippen LogP contribution is 2.31. The van der Waals surface area contributed by atoms with E-state index in [-0.39, 0.29) is 0 Å². The molecule has 1 aliphatic rings. The number of rotatable bonds is 3. The molecular weight excluding hydrogens is 258 g/mol. The van der Waals surface area contributed by atoms with Gasteiger partial charge < -0.3 is 10.1 Å². The van der Waals surface area contributed by atoms with Gasteiger partial charge in [0.1, 0.15) is 5.75 Å². The smallest absolute Gasteiger partial charge is 0.124 e. The minimum absolute atomic E-state index is 0.385. The van der Waals surface area contributed by atoms with Gasteiger partial charge in [-0.1, -0.05) is 30.3 Å². The summed E-state index contributed by atoms with van der Waals surface area (Å²) in [6, 6.07) is 13.3. The Bertz CT molecular complexity index is 648. The molecule has 2 nitrogen and oxygen atoms in total. The molecule has 2 aromatic rings. The second-order valence-corrected chi connectivity index (χ2v) is 5.97. The van der Waals surface area contributed by atoms with Crippen molar-refractivity contribution < 1.29 is 4.74 Å². The van der Waals surface area contributed by atoms with Crippen molar-refractivity contribution in [1.29, 1.82) is 0 Å². The average Bonchev–Trinajstić information content (AvgIpc) is 2.49. The number of hydrogen-bond donors (Lipinski definition) is 1. The van der Waals surface area contributed by atoms with Crippen LogP contribution in [0.3, 0.4) is 0 Å². The predicted molar refractivity (Wildman–Crippen MR) is 86.8 cm³/mol. The van der Waals surface area contributed by atoms with E-state index in [1.54, 1.807) is 0 Å². The zero-order valence-corrected chi connectivity index (χ0v) is 13.1. The van der Waals surface area contributed by atoms with Crippen LogP contribution in [0.15, 0.2) is 36.4 Å². The minimum Gasteiger partial charge on any atom is -0.493 e. The minimum atomic E-state index is 0.385. The lowest BCUT2D eigenvalue weighted by atomic mass is 9.98. The number of ether oxygens (including phenoxy) is 1. The zero-order chi connectivity index (χ0) is 14.8. The van der Waals surface area contributed by atoms with Crippen molar-refractivity contribution in [3.63, 3.8) is 0 Å². The van der Waals surface area contributed by atoms with E-state index < -0.39 is 0 Å². The number of nitrogens with one attached hydrogen (secondary N) is 1. The molecule has 0 fully saturated rings. The first-order chi connectivity index (χ1) is 10.1. The molecule has 0 radical (unpaired) electrons. The summed E-state index contributed by atoms with van der Waals surface area (Å²) in [5.74, 6) is 1.03. The third-order valence-corrected chi connectivity index (χ3v) is 4.45. The van der Waals surface area contributed by atoms with E-state index in [0.717, 1.165) is 25.3 Å². The van der Waals surface area contributed by atoms with Gasteiger partial charge in [-0.2, -0.15) is 0 Å². The van der Waals surface area contributed by atoms with Crippen LogP contribution in [0.5, 0.6) is 5.75 Å². The van der Waals surface area contributed by atoms with Crippen LogP contribution in [0.1, 0.15) is 40.3 Å². The van der Waals surface area contributed by atoms with Crippen molar-refractivity contribution in [3.05, 3.63) is 64.2 Å². The summed E-state index contributed by atoms with van der Waals surface area (Å²) in [5.41, 5.74) is 6.77. The van der Waals surface area contributed by atoms with E-state index >= 15 is 0 Å². The van der Waals surface area contributed by atoms with Gasteiger partial charge in [0.2, 0.25) is 0 Å². The third-order valence-electron chi connectivity index (χ3n) is 4.45. The maximum atomic E-state index is 5.72. The van der Waals surface area contributed by atoms with Gasteiger partial charge in [0.15, 0.2) is 0 Å². The van der Waals surface area contributed by atoms with Gasteiger partial charge in [0.05, 0.1) is 6.61 Å². The first kappa shape index (κ1) is 14.2. The molecule has 0 spiro atoms. The molecule has 1 heterocycles. The lowest BCUT2D eigenvalue weighted by molar-refractivity contribution is 0.252. The number of para-hydroxylation sites is 1. The topological polar surface area (TPSA) is 21.3 Å². The van der Waals surface area contributed by atoms with Gasteiger partial charge in [0.25, 0.3) is 0 Å². The van der Waals surface area contributed by atoms with E-state index in [4.69, 9.17) is 4.74 Å². The molecule has 0 saturated heterocycles. The lowest BCUT2D eigenvalue weighted by Crippen LogP contribution is -2.27. The first-order valence-corrected chi connectivity index (χ1v) is 7.67. The summed E-state index contributed by atoms with van der Waals surface area (Å²) in [6.45, 7) is 8.25. The predicted octanol–water partition coefficient (Wildman–Crippen LogP) is 4.23. The Morgan fingerprint density at radius 1 is 1.05 bits per heavy atom. The average molecular weight is 281 g/mol. The van der Waals surface area contributed by atoms with Crippen molar-refractivity contribution in [3.8, 4) is 5.75 Å². The van der Waals surface area contributed by atoms with E-state index in [9.17, 15) is 0 Å². The number of aryl methyl sites for hydroxylation is 3. The maximum Gasteiger partial charge on any atom is 0.124 e. The molecule has 1 atom stereocenters. The summed E-state index contributed by atoms with van der Waals surface area (Å²) in [4.78, 5) is 0. The first-order valence-electron chi connectivity index (χ1n) is 7.67. The van der Waals surface area contributed by atoms with Crippen LogP contribution in [0.2, 0.25) is 0 Å². The second kappa shape index (κ2) is 5.90. The van der Waals surface area contributed by atoms with Crippen LogP contribution < -0.4 is 10.1 Å². The van der Waals surface area contributed by atoms with Crippen LogP contribution >= 0.6 is 0 Å². The molecule has 21 heavy (non-hydrogen) atoms. The Labute approximate surface area is 127 Å². The van der Waals surface area contributed by atoms with E-state index in [2.05, 4.69) is 56.4 Å². The summed E-state index contributed by atoms with van der Waals surface area (Å²) >= 11 is 0. The summed E-state index contributed by atoms with van der Waals surface area (Å²) in [6.07, 6.45) is 1.03. The molecule has 3 rings (SSSR count). The molecule has 1 N–H and O–H groups in total. The zero-order valence-electron chi connectivity index (χ0n) is 13.1. The van der Waals surface area contributed by atoms with E-state index in [1.807, 2.05) is 6.07 Å². The van der Waals surface area contributed by atoms with Crippen molar-refractivity contribution in [1.82, 2.24) is 5.32 Å². The molecule has 1 aliphatic heterocycles. The van der Waals surface area contributed by atoms with Crippen LogP contribution in [0.4, 0.5) is 0 Å². The highest BCUT2D eigenvalue weighted by molar-refractivity contribution is 5.39. The molecule has 110 valence electrons. The van der Waals surface area contributed by atoms with Gasteiger partial charge in [-0.05, 0) is 49.1 Å². The molecule has 0 aromatic heterocycles. The van der Waals surface area contributed by atoms with Crippen molar-refractivity contribution in [2.75, 3.05) is 6.61 Å². The monoisotopic (exact) mass is 281 g/mol. The van der Waals surface area contributed by atoms with Gasteiger partial charge in [0, 0.05) is 24.6 Å². The SMILES string of the molecule is Cc1cc(C)c(CNC2CCOc3ccccc32)cc1C. The van der Waals surface area contributed by atoms with Gasteiger partial charge >= 0.3 is 0 Å². The highest BCUT2D eigenvalue weighted by Gasteiger charge is 2.20. The fraction of sp³-hybridized carbons (Fsp3) is 0.368. The fourth-order valence-electron chi connectivity index (χ4n) is 3.00. The Kier molecular flexibility index (Phi) is 3.98. The van der Waals surface area contributed by atoms with Gasteiger partial charge in [-0.25, -0.2) is 0 Å². The van der Waals surface area contributed by atoms with Crippen molar-refractivity contribution in [2.24, 2.45) is 0 Å². The van der Waals surface area contributed by atoms with Crippen molar-refractivity contribution in [2.45, 2.75) is 39.8 Å². The van der Waals surface area contributed by atoms with Crippen molar-refractivity contribution >= 4 is 0 Å².